The number of pyridine rings is 1. The van der Waals surface area contributed by atoms with Crippen LogP contribution in [0.25, 0.3) is 22.6 Å². The second-order valence-corrected chi connectivity index (χ2v) is 4.20. The monoisotopic (exact) mass is 267 g/mol. The Bertz CT molecular complexity index is 738. The summed E-state index contributed by atoms with van der Waals surface area (Å²) in [4.78, 5) is 4.32. The van der Waals surface area contributed by atoms with Crippen LogP contribution in [0.2, 0.25) is 0 Å². The highest BCUT2D eigenvalue weighted by atomic mass is 16.5. The maximum Gasteiger partial charge on any atom is 0.146 e. The van der Waals surface area contributed by atoms with Crippen LogP contribution in [0.15, 0.2) is 42.6 Å². The third-order valence-electron chi connectivity index (χ3n) is 2.92. The van der Waals surface area contributed by atoms with E-state index in [1.807, 2.05) is 36.4 Å². The largest absolute Gasteiger partial charge is 0.494 e. The first kappa shape index (κ1) is 12.2. The van der Waals surface area contributed by atoms with Gasteiger partial charge in [0.15, 0.2) is 0 Å². The topological polar surface area (TPSA) is 89.7 Å². The Morgan fingerprint density at radius 2 is 1.90 bits per heavy atom. The van der Waals surface area contributed by atoms with E-state index in [0.717, 1.165) is 5.56 Å². The van der Waals surface area contributed by atoms with E-state index in [1.54, 1.807) is 13.3 Å². The number of nitrogen functional groups attached to an aromatic ring is 1. The molecule has 0 saturated carbocycles. The molecule has 3 N–H and O–H groups in total. The van der Waals surface area contributed by atoms with Crippen molar-refractivity contribution in [2.24, 2.45) is 0 Å². The zero-order chi connectivity index (χ0) is 13.9. The van der Waals surface area contributed by atoms with E-state index in [9.17, 15) is 0 Å². The maximum absolute atomic E-state index is 5.81. The molecule has 100 valence electrons. The number of nitrogens with zero attached hydrogens (tertiary/aromatic N) is 3. The van der Waals surface area contributed by atoms with Gasteiger partial charge in [-0.15, -0.1) is 0 Å². The number of methoxy groups -OCH3 is 1. The first-order valence-electron chi connectivity index (χ1n) is 6.05. The van der Waals surface area contributed by atoms with Gasteiger partial charge >= 0.3 is 0 Å². The van der Waals surface area contributed by atoms with E-state index in [0.29, 0.717) is 28.5 Å². The van der Waals surface area contributed by atoms with E-state index >= 15 is 0 Å². The summed E-state index contributed by atoms with van der Waals surface area (Å²) in [5.41, 5.74) is 9.32. The van der Waals surface area contributed by atoms with Gasteiger partial charge in [0.05, 0.1) is 7.11 Å². The first-order chi connectivity index (χ1) is 9.79. The van der Waals surface area contributed by atoms with Crippen LogP contribution in [-0.4, -0.2) is 27.5 Å². The lowest BCUT2D eigenvalue weighted by molar-refractivity contribution is 0.414. The SMILES string of the molecule is COc1cccnc1-c1n[nH]nc1-c1cccc(N)c1. The second kappa shape index (κ2) is 5.00. The number of rotatable bonds is 3. The highest BCUT2D eigenvalue weighted by molar-refractivity contribution is 5.79. The highest BCUT2D eigenvalue weighted by Gasteiger charge is 2.17. The molecule has 3 aromatic rings. The summed E-state index contributed by atoms with van der Waals surface area (Å²) in [5, 5.41) is 11.0. The van der Waals surface area contributed by atoms with Crippen molar-refractivity contribution < 1.29 is 4.74 Å². The molecule has 0 spiro atoms. The van der Waals surface area contributed by atoms with Crippen LogP contribution >= 0.6 is 0 Å². The molecule has 0 unspecified atom stereocenters. The number of ether oxygens (including phenoxy) is 1. The average molecular weight is 267 g/mol. The van der Waals surface area contributed by atoms with Gasteiger partial charge in [-0.1, -0.05) is 12.1 Å². The van der Waals surface area contributed by atoms with Gasteiger partial charge in [-0.25, -0.2) is 0 Å². The van der Waals surface area contributed by atoms with Crippen LogP contribution in [0.5, 0.6) is 5.75 Å². The van der Waals surface area contributed by atoms with Crippen LogP contribution < -0.4 is 10.5 Å². The van der Waals surface area contributed by atoms with Crippen molar-refractivity contribution in [3.8, 4) is 28.4 Å². The number of H-pyrrole nitrogens is 1. The number of hydrogen-bond acceptors (Lipinski definition) is 5. The molecule has 2 aromatic heterocycles. The number of aromatic nitrogens is 4. The number of anilines is 1. The molecule has 0 aliphatic heterocycles. The molecule has 6 nitrogen and oxygen atoms in total. The third-order valence-corrected chi connectivity index (χ3v) is 2.92. The highest BCUT2D eigenvalue weighted by Crippen LogP contribution is 2.32. The van der Waals surface area contributed by atoms with Crippen molar-refractivity contribution in [2.45, 2.75) is 0 Å². The molecule has 0 bridgehead atoms. The minimum absolute atomic E-state index is 0.632. The molecule has 0 radical (unpaired) electrons. The van der Waals surface area contributed by atoms with E-state index < -0.39 is 0 Å². The fourth-order valence-electron chi connectivity index (χ4n) is 2.02. The Balaban J connectivity index is 2.15. The van der Waals surface area contributed by atoms with Gasteiger partial charge in [-0.05, 0) is 24.3 Å². The zero-order valence-electron chi connectivity index (χ0n) is 10.9. The summed E-state index contributed by atoms with van der Waals surface area (Å²) < 4.78 is 5.31. The summed E-state index contributed by atoms with van der Waals surface area (Å²) in [6.07, 6.45) is 1.69. The van der Waals surface area contributed by atoms with Crippen molar-refractivity contribution >= 4 is 5.69 Å². The molecule has 0 aliphatic carbocycles. The maximum atomic E-state index is 5.81. The van der Waals surface area contributed by atoms with Crippen molar-refractivity contribution in [3.05, 3.63) is 42.6 Å². The van der Waals surface area contributed by atoms with E-state index in [1.165, 1.54) is 0 Å². The number of nitrogens with two attached hydrogens (primary N) is 1. The van der Waals surface area contributed by atoms with E-state index in [-0.39, 0.29) is 0 Å². The molecule has 20 heavy (non-hydrogen) atoms. The number of aromatic amines is 1. The lowest BCUT2D eigenvalue weighted by Crippen LogP contribution is -1.93. The Kier molecular flexibility index (Phi) is 3.04. The fourth-order valence-corrected chi connectivity index (χ4v) is 2.02. The predicted molar refractivity (Wildman–Crippen MR) is 76.0 cm³/mol. The Morgan fingerprint density at radius 1 is 1.05 bits per heavy atom. The molecule has 0 atom stereocenters. The van der Waals surface area contributed by atoms with Gasteiger partial charge in [0.25, 0.3) is 0 Å². The minimum atomic E-state index is 0.632. The van der Waals surface area contributed by atoms with Gasteiger partial charge < -0.3 is 10.5 Å². The molecule has 0 saturated heterocycles. The summed E-state index contributed by atoms with van der Waals surface area (Å²) in [6.45, 7) is 0. The molecular weight excluding hydrogens is 254 g/mol. The summed E-state index contributed by atoms with van der Waals surface area (Å²) in [5.74, 6) is 0.645. The van der Waals surface area contributed by atoms with Gasteiger partial charge in [-0.3, -0.25) is 4.98 Å². The van der Waals surface area contributed by atoms with Gasteiger partial charge in [-0.2, -0.15) is 15.4 Å². The van der Waals surface area contributed by atoms with Crippen molar-refractivity contribution in [2.75, 3.05) is 12.8 Å². The van der Waals surface area contributed by atoms with Gasteiger partial charge in [0.1, 0.15) is 22.8 Å². The fraction of sp³-hybridized carbons (Fsp3) is 0.0714. The van der Waals surface area contributed by atoms with E-state index in [4.69, 9.17) is 10.5 Å². The zero-order valence-corrected chi connectivity index (χ0v) is 10.9. The Morgan fingerprint density at radius 3 is 2.70 bits per heavy atom. The minimum Gasteiger partial charge on any atom is -0.494 e. The van der Waals surface area contributed by atoms with Crippen LogP contribution in [0.4, 0.5) is 5.69 Å². The van der Waals surface area contributed by atoms with Crippen LogP contribution in [-0.2, 0) is 0 Å². The second-order valence-electron chi connectivity index (χ2n) is 4.20. The lowest BCUT2D eigenvalue weighted by atomic mass is 10.1. The summed E-state index contributed by atoms with van der Waals surface area (Å²) >= 11 is 0. The molecule has 6 heteroatoms. The third kappa shape index (κ3) is 2.07. The van der Waals surface area contributed by atoms with Crippen LogP contribution in [0.1, 0.15) is 0 Å². The van der Waals surface area contributed by atoms with Gasteiger partial charge in [0, 0.05) is 17.4 Å². The Hall–Kier alpha value is -2.89. The summed E-state index contributed by atoms with van der Waals surface area (Å²) in [6, 6.07) is 11.1. The van der Waals surface area contributed by atoms with E-state index in [2.05, 4.69) is 20.4 Å². The Labute approximate surface area is 115 Å². The quantitative estimate of drug-likeness (QED) is 0.709. The standard InChI is InChI=1S/C14H13N5O/c1-20-11-6-3-7-16-13(11)14-12(17-19-18-14)9-4-2-5-10(15)8-9/h2-8H,15H2,1H3,(H,17,18,19). The molecule has 1 aromatic carbocycles. The molecule has 3 rings (SSSR count). The van der Waals surface area contributed by atoms with Crippen LogP contribution in [0, 0.1) is 0 Å². The van der Waals surface area contributed by atoms with Crippen molar-refractivity contribution in [1.29, 1.82) is 0 Å². The number of benzene rings is 1. The summed E-state index contributed by atoms with van der Waals surface area (Å²) in [7, 11) is 1.60. The predicted octanol–water partition coefficient (Wildman–Crippen LogP) is 2.12. The molecular formula is C14H13N5O. The molecule has 0 fully saturated rings. The average Bonchev–Trinajstić information content (AvgIpc) is 2.96. The number of nitrogens with one attached hydrogen (secondary N) is 1. The normalized spacial score (nSPS) is 10.4. The molecule has 2 heterocycles. The molecule has 0 amide bonds. The van der Waals surface area contributed by atoms with Crippen LogP contribution in [0.3, 0.4) is 0 Å². The first-order valence-corrected chi connectivity index (χ1v) is 6.05. The van der Waals surface area contributed by atoms with Gasteiger partial charge in [0.2, 0.25) is 0 Å². The molecule has 0 aliphatic rings. The smallest absolute Gasteiger partial charge is 0.146 e. The van der Waals surface area contributed by atoms with Crippen molar-refractivity contribution in [3.63, 3.8) is 0 Å². The number of hydrogen-bond donors (Lipinski definition) is 2. The lowest BCUT2D eigenvalue weighted by Gasteiger charge is -2.06. The van der Waals surface area contributed by atoms with Crippen molar-refractivity contribution in [1.82, 2.24) is 20.4 Å².